The summed E-state index contributed by atoms with van der Waals surface area (Å²) in [6, 6.07) is 3.43. The number of aromatic nitrogens is 3. The number of alkyl halides is 3. The van der Waals surface area contributed by atoms with Crippen LogP contribution in [0.25, 0.3) is 11.1 Å². The molecular formula is C19H15F3N4O2. The maximum Gasteiger partial charge on any atom is 0.417 e. The first-order valence-corrected chi connectivity index (χ1v) is 8.54. The van der Waals surface area contributed by atoms with Crippen LogP contribution in [0.4, 0.5) is 24.7 Å². The van der Waals surface area contributed by atoms with Crippen molar-refractivity contribution in [3.8, 4) is 5.88 Å². The van der Waals surface area contributed by atoms with Crippen LogP contribution in [0.3, 0.4) is 0 Å². The number of hydrogen-bond acceptors (Lipinski definition) is 5. The highest BCUT2D eigenvalue weighted by atomic mass is 19.4. The van der Waals surface area contributed by atoms with Crippen molar-refractivity contribution in [2.24, 2.45) is 0 Å². The Morgan fingerprint density at radius 1 is 1.29 bits per heavy atom. The van der Waals surface area contributed by atoms with Gasteiger partial charge in [0.1, 0.15) is 5.69 Å². The molecule has 0 bridgehead atoms. The molecule has 9 heteroatoms. The van der Waals surface area contributed by atoms with Crippen LogP contribution in [0, 0.1) is 0 Å². The number of ketones is 1. The van der Waals surface area contributed by atoms with Gasteiger partial charge in [-0.3, -0.25) is 4.79 Å². The molecule has 1 aliphatic carbocycles. The minimum absolute atomic E-state index is 0.0145. The SMILES string of the molecule is CCOc1ncccc1Nc1nccn2cc3c(c12)CC(=O)C=C3C(F)(F)F. The van der Waals surface area contributed by atoms with E-state index in [4.69, 9.17) is 4.74 Å². The van der Waals surface area contributed by atoms with Gasteiger partial charge in [0.25, 0.3) is 0 Å². The molecule has 0 spiro atoms. The van der Waals surface area contributed by atoms with Crippen LogP contribution in [0.2, 0.25) is 0 Å². The quantitative estimate of drug-likeness (QED) is 0.733. The summed E-state index contributed by atoms with van der Waals surface area (Å²) in [6.07, 6.45) is 1.87. The Morgan fingerprint density at radius 3 is 2.86 bits per heavy atom. The van der Waals surface area contributed by atoms with E-state index >= 15 is 0 Å². The second-order valence-electron chi connectivity index (χ2n) is 6.17. The molecule has 3 aromatic heterocycles. The first-order valence-electron chi connectivity index (χ1n) is 8.54. The van der Waals surface area contributed by atoms with Crippen molar-refractivity contribution in [3.05, 3.63) is 54.1 Å². The number of pyridine rings is 1. The van der Waals surface area contributed by atoms with E-state index < -0.39 is 17.5 Å². The summed E-state index contributed by atoms with van der Waals surface area (Å²) in [5.74, 6) is 0.0641. The van der Waals surface area contributed by atoms with Gasteiger partial charge in [0.05, 0.1) is 17.7 Å². The topological polar surface area (TPSA) is 68.5 Å². The standard InChI is InChI=1S/C19H15F3N4O2/c1-2-28-18-15(4-3-5-24-18)25-17-16-12-8-11(27)9-14(19(20,21)22)13(12)10-26(16)7-6-23-17/h3-7,9-10H,2,8H2,1H3,(H,23,25). The lowest BCUT2D eigenvalue weighted by Crippen LogP contribution is -2.18. The number of hydrogen-bond donors (Lipinski definition) is 1. The molecule has 0 saturated heterocycles. The molecule has 28 heavy (non-hydrogen) atoms. The molecule has 3 aromatic rings. The summed E-state index contributed by atoms with van der Waals surface area (Å²) >= 11 is 0. The van der Waals surface area contributed by atoms with E-state index in [1.807, 2.05) is 6.92 Å². The fraction of sp³-hybridized carbons (Fsp3) is 0.211. The molecule has 3 heterocycles. The van der Waals surface area contributed by atoms with Crippen molar-refractivity contribution in [1.29, 1.82) is 0 Å². The van der Waals surface area contributed by atoms with Gasteiger partial charge in [0, 0.05) is 36.8 Å². The second kappa shape index (κ2) is 6.66. The van der Waals surface area contributed by atoms with E-state index in [0.29, 0.717) is 35.6 Å². The molecular weight excluding hydrogens is 373 g/mol. The number of fused-ring (bicyclic) bond motifs is 3. The van der Waals surface area contributed by atoms with E-state index in [2.05, 4.69) is 15.3 Å². The number of rotatable bonds is 4. The average Bonchev–Trinajstić information content (AvgIpc) is 3.01. The molecule has 4 rings (SSSR count). The summed E-state index contributed by atoms with van der Waals surface area (Å²) in [4.78, 5) is 20.4. The molecule has 0 saturated carbocycles. The highest BCUT2D eigenvalue weighted by Gasteiger charge is 2.40. The number of allylic oxidation sites excluding steroid dienone is 2. The summed E-state index contributed by atoms with van der Waals surface area (Å²) < 4.78 is 47.3. The largest absolute Gasteiger partial charge is 0.476 e. The minimum Gasteiger partial charge on any atom is -0.476 e. The van der Waals surface area contributed by atoms with Gasteiger partial charge in [-0.05, 0) is 30.7 Å². The highest BCUT2D eigenvalue weighted by molar-refractivity contribution is 6.05. The van der Waals surface area contributed by atoms with Crippen molar-refractivity contribution < 1.29 is 22.7 Å². The maximum atomic E-state index is 13.4. The van der Waals surface area contributed by atoms with Crippen molar-refractivity contribution in [1.82, 2.24) is 14.4 Å². The predicted molar refractivity (Wildman–Crippen MR) is 96.6 cm³/mol. The zero-order chi connectivity index (χ0) is 19.9. The van der Waals surface area contributed by atoms with Crippen LogP contribution < -0.4 is 10.1 Å². The zero-order valence-electron chi connectivity index (χ0n) is 14.7. The number of ether oxygens (including phenoxy) is 1. The van der Waals surface area contributed by atoms with Crippen LogP contribution >= 0.6 is 0 Å². The molecule has 0 amide bonds. The molecule has 0 fully saturated rings. The highest BCUT2D eigenvalue weighted by Crippen LogP contribution is 2.41. The van der Waals surface area contributed by atoms with Gasteiger partial charge in [-0.2, -0.15) is 13.2 Å². The smallest absolute Gasteiger partial charge is 0.417 e. The Bertz CT molecular complexity index is 1100. The summed E-state index contributed by atoms with van der Waals surface area (Å²) in [5, 5.41) is 3.07. The van der Waals surface area contributed by atoms with Crippen molar-refractivity contribution in [2.75, 3.05) is 11.9 Å². The van der Waals surface area contributed by atoms with Crippen LogP contribution in [-0.4, -0.2) is 32.9 Å². The summed E-state index contributed by atoms with van der Waals surface area (Å²) in [7, 11) is 0. The van der Waals surface area contributed by atoms with E-state index in [-0.39, 0.29) is 17.5 Å². The Morgan fingerprint density at radius 2 is 2.11 bits per heavy atom. The lowest BCUT2D eigenvalue weighted by atomic mass is 9.92. The summed E-state index contributed by atoms with van der Waals surface area (Å²) in [6.45, 7) is 2.22. The number of nitrogens with one attached hydrogen (secondary N) is 1. The molecule has 1 aliphatic rings. The van der Waals surface area contributed by atoms with Crippen molar-refractivity contribution >= 4 is 28.4 Å². The molecule has 0 aliphatic heterocycles. The van der Waals surface area contributed by atoms with Gasteiger partial charge in [0.2, 0.25) is 5.88 Å². The van der Waals surface area contributed by atoms with Crippen LogP contribution in [-0.2, 0) is 11.2 Å². The minimum atomic E-state index is -4.62. The van der Waals surface area contributed by atoms with Gasteiger partial charge >= 0.3 is 6.18 Å². The third kappa shape index (κ3) is 3.08. The van der Waals surface area contributed by atoms with E-state index in [1.54, 1.807) is 24.5 Å². The Labute approximate surface area is 157 Å². The van der Waals surface area contributed by atoms with Crippen molar-refractivity contribution in [3.63, 3.8) is 0 Å². The molecule has 1 N–H and O–H groups in total. The fourth-order valence-corrected chi connectivity index (χ4v) is 3.25. The van der Waals surface area contributed by atoms with Crippen LogP contribution in [0.15, 0.2) is 43.0 Å². The maximum absolute atomic E-state index is 13.4. The Kier molecular flexibility index (Phi) is 4.29. The van der Waals surface area contributed by atoms with E-state index in [0.717, 1.165) is 0 Å². The fourth-order valence-electron chi connectivity index (χ4n) is 3.25. The van der Waals surface area contributed by atoms with Crippen LogP contribution in [0.5, 0.6) is 5.88 Å². The monoisotopic (exact) mass is 388 g/mol. The Balaban J connectivity index is 1.86. The third-order valence-electron chi connectivity index (χ3n) is 4.35. The third-order valence-corrected chi connectivity index (χ3v) is 4.35. The molecule has 6 nitrogen and oxygen atoms in total. The first kappa shape index (κ1) is 18.0. The molecule has 144 valence electrons. The van der Waals surface area contributed by atoms with E-state index in [1.165, 1.54) is 16.8 Å². The Hall–Kier alpha value is -3.36. The normalized spacial score (nSPS) is 14.0. The van der Waals surface area contributed by atoms with E-state index in [9.17, 15) is 18.0 Å². The predicted octanol–water partition coefficient (Wildman–Crippen LogP) is 3.94. The number of halogens is 3. The van der Waals surface area contributed by atoms with Gasteiger partial charge in [-0.15, -0.1) is 0 Å². The molecule has 0 aromatic carbocycles. The lowest BCUT2D eigenvalue weighted by Gasteiger charge is -2.16. The van der Waals surface area contributed by atoms with Gasteiger partial charge in [-0.1, -0.05) is 0 Å². The number of nitrogens with zero attached hydrogens (tertiary/aromatic N) is 3. The lowest BCUT2D eigenvalue weighted by molar-refractivity contribution is -0.114. The summed E-state index contributed by atoms with van der Waals surface area (Å²) in [5.41, 5.74) is 0.266. The average molecular weight is 388 g/mol. The van der Waals surface area contributed by atoms with Crippen LogP contribution in [0.1, 0.15) is 18.1 Å². The number of anilines is 2. The zero-order valence-corrected chi connectivity index (χ0v) is 14.7. The molecule has 0 atom stereocenters. The van der Waals surface area contributed by atoms with Gasteiger partial charge in [0.15, 0.2) is 11.6 Å². The molecule has 0 unspecified atom stereocenters. The van der Waals surface area contributed by atoms with Crippen molar-refractivity contribution in [2.45, 2.75) is 19.5 Å². The number of carbonyl (C=O) groups is 1. The first-order chi connectivity index (χ1) is 13.4. The van der Waals surface area contributed by atoms with Gasteiger partial charge < -0.3 is 14.5 Å². The van der Waals surface area contributed by atoms with Gasteiger partial charge in [-0.25, -0.2) is 9.97 Å². The number of carbonyl (C=O) groups excluding carboxylic acids is 1. The molecule has 0 radical (unpaired) electrons. The second-order valence-corrected chi connectivity index (χ2v) is 6.17.